The lowest BCUT2D eigenvalue weighted by Gasteiger charge is -2.12. The number of hydrogen-bond donors (Lipinski definition) is 2. The van der Waals surface area contributed by atoms with Crippen molar-refractivity contribution in [3.63, 3.8) is 0 Å². The summed E-state index contributed by atoms with van der Waals surface area (Å²) in [4.78, 5) is 29.9. The number of pyridine rings is 1. The summed E-state index contributed by atoms with van der Waals surface area (Å²) < 4.78 is 0. The third kappa shape index (κ3) is 5.53. The van der Waals surface area contributed by atoms with Crippen molar-refractivity contribution >= 4 is 40.9 Å². The van der Waals surface area contributed by atoms with E-state index in [2.05, 4.69) is 15.6 Å². The molecule has 6 heteroatoms. The summed E-state index contributed by atoms with van der Waals surface area (Å²) in [6.07, 6.45) is 2.98. The first-order valence-corrected chi connectivity index (χ1v) is 9.38. The van der Waals surface area contributed by atoms with Crippen LogP contribution < -0.4 is 10.6 Å². The number of carbonyl (C=O) groups excluding carboxylic acids is 2. The number of aryl methyl sites for hydroxylation is 2. The average molecular weight is 406 g/mol. The molecule has 1 aromatic heterocycles. The predicted octanol–water partition coefficient (Wildman–Crippen LogP) is 5.01. The number of hydrogen-bond acceptors (Lipinski definition) is 3. The Balaban J connectivity index is 1.94. The molecule has 0 aliphatic rings. The van der Waals surface area contributed by atoms with Crippen LogP contribution in [-0.2, 0) is 9.59 Å². The van der Waals surface area contributed by atoms with E-state index in [1.54, 1.807) is 42.6 Å². The lowest BCUT2D eigenvalue weighted by Crippen LogP contribution is -2.25. The summed E-state index contributed by atoms with van der Waals surface area (Å²) in [6.45, 7) is 3.88. The molecule has 0 radical (unpaired) electrons. The average Bonchev–Trinajstić information content (AvgIpc) is 2.67. The van der Waals surface area contributed by atoms with Crippen molar-refractivity contribution in [2.75, 3.05) is 10.6 Å². The molecule has 0 bridgehead atoms. The van der Waals surface area contributed by atoms with E-state index >= 15 is 0 Å². The van der Waals surface area contributed by atoms with Gasteiger partial charge in [-0.2, -0.15) is 0 Å². The van der Waals surface area contributed by atoms with Crippen LogP contribution in [-0.4, -0.2) is 16.8 Å². The zero-order chi connectivity index (χ0) is 20.8. The largest absolute Gasteiger partial charge is 0.322 e. The van der Waals surface area contributed by atoms with Crippen molar-refractivity contribution < 1.29 is 9.59 Å². The van der Waals surface area contributed by atoms with Gasteiger partial charge in [0.2, 0.25) is 0 Å². The number of para-hydroxylation sites is 1. The van der Waals surface area contributed by atoms with Crippen molar-refractivity contribution in [1.29, 1.82) is 0 Å². The molecule has 0 fully saturated rings. The maximum atomic E-state index is 13.0. The lowest BCUT2D eigenvalue weighted by molar-refractivity contribution is -0.118. The van der Waals surface area contributed by atoms with E-state index in [-0.39, 0.29) is 10.7 Å². The molecule has 3 aromatic rings. The van der Waals surface area contributed by atoms with E-state index in [1.807, 2.05) is 38.1 Å². The Morgan fingerprint density at radius 1 is 0.862 bits per heavy atom. The predicted molar refractivity (Wildman–Crippen MR) is 117 cm³/mol. The molecule has 29 heavy (non-hydrogen) atoms. The number of anilines is 2. The lowest BCUT2D eigenvalue weighted by atomic mass is 10.1. The molecule has 2 amide bonds. The Bertz CT molecular complexity index is 1060. The standard InChI is InChI=1S/C23H20ClN3O2/c1-15-11-16(2)13-19(12-15)27-23(29)20(14-17-7-6-10-25-21(17)24)22(28)26-18-8-4-3-5-9-18/h3-14H,1-2H3,(H,26,28)(H,27,29)/b20-14+. The molecule has 146 valence electrons. The van der Waals surface area contributed by atoms with Gasteiger partial charge in [-0.05, 0) is 61.4 Å². The normalized spacial score (nSPS) is 11.1. The van der Waals surface area contributed by atoms with Gasteiger partial charge in [-0.3, -0.25) is 9.59 Å². The first-order chi connectivity index (χ1) is 13.9. The fourth-order valence-electron chi connectivity index (χ4n) is 2.86. The van der Waals surface area contributed by atoms with Gasteiger partial charge < -0.3 is 10.6 Å². The molecule has 3 rings (SSSR count). The summed E-state index contributed by atoms with van der Waals surface area (Å²) in [7, 11) is 0. The zero-order valence-electron chi connectivity index (χ0n) is 16.1. The monoisotopic (exact) mass is 405 g/mol. The molecule has 1 heterocycles. The van der Waals surface area contributed by atoms with Gasteiger partial charge in [0.25, 0.3) is 11.8 Å². The van der Waals surface area contributed by atoms with Crippen LogP contribution >= 0.6 is 11.6 Å². The van der Waals surface area contributed by atoms with E-state index in [9.17, 15) is 9.59 Å². The quantitative estimate of drug-likeness (QED) is 0.271. The third-order valence-electron chi connectivity index (χ3n) is 4.09. The Kier molecular flexibility index (Phi) is 6.42. The number of nitrogens with one attached hydrogen (secondary N) is 2. The van der Waals surface area contributed by atoms with Crippen molar-refractivity contribution in [2.24, 2.45) is 0 Å². The van der Waals surface area contributed by atoms with E-state index < -0.39 is 11.8 Å². The van der Waals surface area contributed by atoms with Gasteiger partial charge in [-0.25, -0.2) is 4.98 Å². The fraction of sp³-hybridized carbons (Fsp3) is 0.0870. The van der Waals surface area contributed by atoms with Gasteiger partial charge >= 0.3 is 0 Å². The Labute approximate surface area is 174 Å². The van der Waals surface area contributed by atoms with Crippen LogP contribution in [0.5, 0.6) is 0 Å². The van der Waals surface area contributed by atoms with Crippen LogP contribution in [0.4, 0.5) is 11.4 Å². The molecule has 0 saturated carbocycles. The van der Waals surface area contributed by atoms with Crippen LogP contribution in [0.2, 0.25) is 5.15 Å². The van der Waals surface area contributed by atoms with Crippen LogP contribution in [0.3, 0.4) is 0 Å². The van der Waals surface area contributed by atoms with Gasteiger partial charge in [0.05, 0.1) is 0 Å². The fourth-order valence-corrected chi connectivity index (χ4v) is 3.03. The summed E-state index contributed by atoms with van der Waals surface area (Å²) in [5.74, 6) is -1.08. The second-order valence-electron chi connectivity index (χ2n) is 6.59. The molecule has 0 saturated heterocycles. The van der Waals surface area contributed by atoms with Crippen LogP contribution in [0.1, 0.15) is 16.7 Å². The highest BCUT2D eigenvalue weighted by molar-refractivity contribution is 6.32. The second-order valence-corrected chi connectivity index (χ2v) is 6.95. The van der Waals surface area contributed by atoms with Gasteiger partial charge in [-0.1, -0.05) is 41.9 Å². The third-order valence-corrected chi connectivity index (χ3v) is 4.40. The molecular weight excluding hydrogens is 386 g/mol. The molecular formula is C23H20ClN3O2. The van der Waals surface area contributed by atoms with Crippen molar-refractivity contribution in [3.8, 4) is 0 Å². The summed E-state index contributed by atoms with van der Waals surface area (Å²) in [5.41, 5.74) is 3.61. The van der Waals surface area contributed by atoms with Gasteiger partial charge in [0.1, 0.15) is 10.7 Å². The summed E-state index contributed by atoms with van der Waals surface area (Å²) in [5, 5.41) is 5.74. The molecule has 2 aromatic carbocycles. The van der Waals surface area contributed by atoms with Crippen LogP contribution in [0.15, 0.2) is 72.4 Å². The number of rotatable bonds is 5. The first kappa shape index (κ1) is 20.3. The Morgan fingerprint density at radius 2 is 1.48 bits per heavy atom. The Hall–Kier alpha value is -3.44. The Morgan fingerprint density at radius 3 is 2.10 bits per heavy atom. The highest BCUT2D eigenvalue weighted by Gasteiger charge is 2.20. The number of benzene rings is 2. The van der Waals surface area contributed by atoms with E-state index in [1.165, 1.54) is 6.08 Å². The zero-order valence-corrected chi connectivity index (χ0v) is 16.8. The maximum Gasteiger partial charge on any atom is 0.261 e. The van der Waals surface area contributed by atoms with Crippen molar-refractivity contribution in [1.82, 2.24) is 4.98 Å². The highest BCUT2D eigenvalue weighted by Crippen LogP contribution is 2.19. The van der Waals surface area contributed by atoms with Gasteiger partial charge in [-0.15, -0.1) is 0 Å². The minimum Gasteiger partial charge on any atom is -0.322 e. The minimum atomic E-state index is -0.544. The highest BCUT2D eigenvalue weighted by atomic mass is 35.5. The number of aromatic nitrogens is 1. The first-order valence-electron chi connectivity index (χ1n) is 9.00. The topological polar surface area (TPSA) is 71.1 Å². The number of halogens is 1. The molecule has 5 nitrogen and oxygen atoms in total. The maximum absolute atomic E-state index is 13.0. The smallest absolute Gasteiger partial charge is 0.261 e. The van der Waals surface area contributed by atoms with E-state index in [0.29, 0.717) is 16.9 Å². The minimum absolute atomic E-state index is 0.0806. The van der Waals surface area contributed by atoms with E-state index in [4.69, 9.17) is 11.6 Å². The molecule has 2 N–H and O–H groups in total. The van der Waals surface area contributed by atoms with E-state index in [0.717, 1.165) is 11.1 Å². The number of nitrogens with zero attached hydrogens (tertiary/aromatic N) is 1. The number of amides is 2. The number of carbonyl (C=O) groups is 2. The van der Waals surface area contributed by atoms with Gasteiger partial charge in [0.15, 0.2) is 0 Å². The molecule has 0 unspecified atom stereocenters. The molecule has 0 aliphatic heterocycles. The molecule has 0 aliphatic carbocycles. The second kappa shape index (κ2) is 9.17. The summed E-state index contributed by atoms with van der Waals surface area (Å²) >= 11 is 6.12. The van der Waals surface area contributed by atoms with Crippen molar-refractivity contribution in [2.45, 2.75) is 13.8 Å². The summed E-state index contributed by atoms with van der Waals surface area (Å²) in [6, 6.07) is 18.0. The molecule has 0 spiro atoms. The van der Waals surface area contributed by atoms with Gasteiger partial charge in [0, 0.05) is 23.1 Å². The molecule has 0 atom stereocenters. The van der Waals surface area contributed by atoms with Crippen LogP contribution in [0, 0.1) is 13.8 Å². The van der Waals surface area contributed by atoms with Crippen LogP contribution in [0.25, 0.3) is 6.08 Å². The van der Waals surface area contributed by atoms with Crippen molar-refractivity contribution in [3.05, 3.63) is 94.3 Å². The SMILES string of the molecule is Cc1cc(C)cc(NC(=O)/C(=C/c2cccnc2Cl)C(=O)Nc2ccccc2)c1.